The molecular weight excluding hydrogens is 320 g/mol. The van der Waals surface area contributed by atoms with Crippen molar-refractivity contribution in [2.75, 3.05) is 0 Å². The van der Waals surface area contributed by atoms with Crippen LogP contribution in [0.5, 0.6) is 11.5 Å². The average Bonchev–Trinajstić information content (AvgIpc) is 2.62. The lowest BCUT2D eigenvalue weighted by Gasteiger charge is -2.37. The maximum absolute atomic E-state index is 10.7. The molecule has 26 heavy (non-hydrogen) atoms. The minimum Gasteiger partial charge on any atom is -0.507 e. The number of aromatic hydroxyl groups is 1. The summed E-state index contributed by atoms with van der Waals surface area (Å²) in [6.45, 7) is 6.32. The van der Waals surface area contributed by atoms with E-state index in [-0.39, 0.29) is 11.8 Å². The highest BCUT2D eigenvalue weighted by Crippen LogP contribution is 2.51. The second-order valence-electron chi connectivity index (χ2n) is 7.62. The maximum Gasteiger partial charge on any atom is 0.134 e. The predicted octanol–water partition coefficient (Wildman–Crippen LogP) is 5.91. The van der Waals surface area contributed by atoms with E-state index in [1.54, 1.807) is 0 Å². The molecule has 0 saturated heterocycles. The number of ether oxygens (including phenoxy) is 1. The van der Waals surface area contributed by atoms with Crippen molar-refractivity contribution < 1.29 is 9.84 Å². The first-order valence-corrected chi connectivity index (χ1v) is 9.55. The Kier molecular flexibility index (Phi) is 4.58. The lowest BCUT2D eigenvalue weighted by Crippen LogP contribution is -2.25. The van der Waals surface area contributed by atoms with E-state index < -0.39 is 0 Å². The van der Waals surface area contributed by atoms with Crippen molar-refractivity contribution in [2.24, 2.45) is 5.92 Å². The quantitative estimate of drug-likeness (QED) is 0.697. The summed E-state index contributed by atoms with van der Waals surface area (Å²) in [5, 5.41) is 10.7. The van der Waals surface area contributed by atoms with Gasteiger partial charge in [0.15, 0.2) is 0 Å². The fourth-order valence-corrected chi connectivity index (χ4v) is 4.30. The van der Waals surface area contributed by atoms with Crippen LogP contribution in [-0.2, 0) is 12.8 Å². The topological polar surface area (TPSA) is 29.5 Å². The number of hydrogen-bond acceptors (Lipinski definition) is 2. The van der Waals surface area contributed by atoms with E-state index in [1.807, 2.05) is 12.1 Å². The van der Waals surface area contributed by atoms with E-state index in [4.69, 9.17) is 4.74 Å². The summed E-state index contributed by atoms with van der Waals surface area (Å²) < 4.78 is 6.04. The lowest BCUT2D eigenvalue weighted by molar-refractivity contribution is 0.275. The number of benzene rings is 2. The van der Waals surface area contributed by atoms with E-state index in [0.717, 1.165) is 54.7 Å². The van der Waals surface area contributed by atoms with Crippen LogP contribution in [0, 0.1) is 5.92 Å². The molecule has 1 aliphatic heterocycles. The summed E-state index contributed by atoms with van der Waals surface area (Å²) in [5.41, 5.74) is 4.80. The van der Waals surface area contributed by atoms with Crippen molar-refractivity contribution in [3.8, 4) is 11.5 Å². The van der Waals surface area contributed by atoms with Crippen LogP contribution >= 0.6 is 0 Å². The van der Waals surface area contributed by atoms with Crippen molar-refractivity contribution in [1.82, 2.24) is 0 Å². The first kappa shape index (κ1) is 17.0. The highest BCUT2D eigenvalue weighted by Gasteiger charge is 2.36. The van der Waals surface area contributed by atoms with Crippen LogP contribution in [0.2, 0.25) is 0 Å². The predicted molar refractivity (Wildman–Crippen MR) is 106 cm³/mol. The van der Waals surface area contributed by atoms with Gasteiger partial charge in [0.2, 0.25) is 0 Å². The fourth-order valence-electron chi connectivity index (χ4n) is 4.30. The Labute approximate surface area is 155 Å². The van der Waals surface area contributed by atoms with Gasteiger partial charge in [-0.15, -0.1) is 0 Å². The first-order valence-electron chi connectivity index (χ1n) is 9.55. The number of hydrogen-bond donors (Lipinski definition) is 1. The summed E-state index contributed by atoms with van der Waals surface area (Å²) in [5.74, 6) is 2.47. The molecule has 2 aromatic rings. The highest BCUT2D eigenvalue weighted by atomic mass is 16.5. The SMILES string of the molecule is C=C1Oc2cc(CCCc3ccccc3)cc(O)c2C2C=C(C)CC[C@@H]12. The molecule has 2 atom stereocenters. The Balaban J connectivity index is 1.55. The third-order valence-electron chi connectivity index (χ3n) is 5.69. The van der Waals surface area contributed by atoms with Gasteiger partial charge in [-0.1, -0.05) is 48.6 Å². The van der Waals surface area contributed by atoms with Crippen molar-refractivity contribution in [3.05, 3.63) is 83.1 Å². The average molecular weight is 346 g/mol. The number of phenols is 1. The summed E-state index contributed by atoms with van der Waals surface area (Å²) >= 11 is 0. The van der Waals surface area contributed by atoms with Crippen LogP contribution in [0.4, 0.5) is 0 Å². The largest absolute Gasteiger partial charge is 0.507 e. The molecule has 0 amide bonds. The van der Waals surface area contributed by atoms with Gasteiger partial charge in [0.05, 0.1) is 0 Å². The second-order valence-corrected chi connectivity index (χ2v) is 7.62. The van der Waals surface area contributed by atoms with Gasteiger partial charge < -0.3 is 9.84 Å². The minimum absolute atomic E-state index is 0.193. The second kappa shape index (κ2) is 7.03. The molecule has 2 heteroatoms. The molecule has 0 fully saturated rings. The van der Waals surface area contributed by atoms with E-state index >= 15 is 0 Å². The molecule has 134 valence electrons. The molecule has 1 aliphatic carbocycles. The van der Waals surface area contributed by atoms with Crippen molar-refractivity contribution in [1.29, 1.82) is 0 Å². The third-order valence-corrected chi connectivity index (χ3v) is 5.69. The Morgan fingerprint density at radius 3 is 2.69 bits per heavy atom. The Bertz CT molecular complexity index is 848. The van der Waals surface area contributed by atoms with Gasteiger partial charge in [-0.25, -0.2) is 0 Å². The molecule has 1 unspecified atom stereocenters. The smallest absolute Gasteiger partial charge is 0.134 e. The van der Waals surface area contributed by atoms with Crippen LogP contribution in [-0.4, -0.2) is 5.11 Å². The molecule has 4 rings (SSSR count). The fraction of sp³-hybridized carbons (Fsp3) is 0.333. The van der Waals surface area contributed by atoms with Gasteiger partial charge in [-0.2, -0.15) is 0 Å². The zero-order valence-corrected chi connectivity index (χ0v) is 15.4. The Morgan fingerprint density at radius 1 is 1.12 bits per heavy atom. The molecule has 0 saturated carbocycles. The minimum atomic E-state index is 0.193. The summed E-state index contributed by atoms with van der Waals surface area (Å²) in [7, 11) is 0. The van der Waals surface area contributed by atoms with Gasteiger partial charge in [-0.05, 0) is 62.3 Å². The van der Waals surface area contributed by atoms with Gasteiger partial charge in [0.25, 0.3) is 0 Å². The van der Waals surface area contributed by atoms with Gasteiger partial charge in [0, 0.05) is 17.4 Å². The van der Waals surface area contributed by atoms with E-state index in [1.165, 1.54) is 11.1 Å². The van der Waals surface area contributed by atoms with Crippen molar-refractivity contribution in [3.63, 3.8) is 0 Å². The lowest BCUT2D eigenvalue weighted by atomic mass is 9.74. The molecule has 2 aliphatic rings. The molecule has 2 aromatic carbocycles. The molecule has 0 bridgehead atoms. The van der Waals surface area contributed by atoms with Crippen LogP contribution in [0.15, 0.2) is 66.5 Å². The van der Waals surface area contributed by atoms with Gasteiger partial charge in [0.1, 0.15) is 17.3 Å². The number of rotatable bonds is 4. The number of aryl methyl sites for hydroxylation is 2. The molecule has 1 heterocycles. The van der Waals surface area contributed by atoms with E-state index in [2.05, 4.69) is 49.9 Å². The standard InChI is InChI=1S/C24H26O2/c1-16-11-12-20-17(2)26-23-15-19(14-22(25)24(23)21(20)13-16)10-6-9-18-7-4-3-5-8-18/h3-5,7-8,13-15,20-21,25H,2,6,9-12H2,1H3/t20-,21?/m0/s1. The van der Waals surface area contributed by atoms with Crippen LogP contribution in [0.3, 0.4) is 0 Å². The maximum atomic E-state index is 10.7. The molecule has 2 nitrogen and oxygen atoms in total. The van der Waals surface area contributed by atoms with Crippen molar-refractivity contribution >= 4 is 0 Å². The normalized spacial score (nSPS) is 21.4. The number of allylic oxidation sites excluding steroid dienone is 3. The van der Waals surface area contributed by atoms with Gasteiger partial charge >= 0.3 is 0 Å². The molecule has 1 N–H and O–H groups in total. The van der Waals surface area contributed by atoms with E-state index in [9.17, 15) is 5.11 Å². The van der Waals surface area contributed by atoms with Crippen LogP contribution < -0.4 is 4.74 Å². The Morgan fingerprint density at radius 2 is 1.88 bits per heavy atom. The Hall–Kier alpha value is -2.48. The molecule has 0 spiro atoms. The first-order chi connectivity index (χ1) is 12.6. The summed E-state index contributed by atoms with van der Waals surface area (Å²) in [6, 6.07) is 14.6. The summed E-state index contributed by atoms with van der Waals surface area (Å²) in [4.78, 5) is 0. The van der Waals surface area contributed by atoms with Crippen LogP contribution in [0.1, 0.15) is 48.8 Å². The van der Waals surface area contributed by atoms with Crippen molar-refractivity contribution in [2.45, 2.75) is 44.9 Å². The molecule has 0 radical (unpaired) electrons. The third kappa shape index (κ3) is 3.29. The number of fused-ring (bicyclic) bond motifs is 3. The zero-order chi connectivity index (χ0) is 18.1. The van der Waals surface area contributed by atoms with Gasteiger partial charge in [-0.3, -0.25) is 0 Å². The van der Waals surface area contributed by atoms with E-state index in [0.29, 0.717) is 5.75 Å². The number of phenolic OH excluding ortho intramolecular Hbond substituents is 1. The molecular formula is C24H26O2. The zero-order valence-electron chi connectivity index (χ0n) is 15.4. The monoisotopic (exact) mass is 346 g/mol. The summed E-state index contributed by atoms with van der Waals surface area (Å²) in [6.07, 6.45) is 7.43. The van der Waals surface area contributed by atoms with Crippen LogP contribution in [0.25, 0.3) is 0 Å². The molecule has 0 aromatic heterocycles. The highest BCUT2D eigenvalue weighted by molar-refractivity contribution is 5.54.